The molecule has 0 aromatic heterocycles. The van der Waals surface area contributed by atoms with Crippen LogP contribution in [0.5, 0.6) is 5.75 Å². The van der Waals surface area contributed by atoms with Gasteiger partial charge < -0.3 is 10.5 Å². The van der Waals surface area contributed by atoms with E-state index < -0.39 is 0 Å². The predicted octanol–water partition coefficient (Wildman–Crippen LogP) is 1.93. The Morgan fingerprint density at radius 2 is 2.25 bits per heavy atom. The van der Waals surface area contributed by atoms with Gasteiger partial charge in [-0.25, -0.2) is 4.39 Å². The van der Waals surface area contributed by atoms with Gasteiger partial charge in [-0.2, -0.15) is 0 Å². The lowest BCUT2D eigenvalue weighted by Gasteiger charge is -2.05. The summed E-state index contributed by atoms with van der Waals surface area (Å²) in [5.74, 6) is 0.172. The van der Waals surface area contributed by atoms with Crippen molar-refractivity contribution in [1.29, 1.82) is 0 Å². The van der Waals surface area contributed by atoms with Gasteiger partial charge in [-0.05, 0) is 28.1 Å². The van der Waals surface area contributed by atoms with Crippen LogP contribution in [0.3, 0.4) is 0 Å². The van der Waals surface area contributed by atoms with Crippen molar-refractivity contribution in [2.24, 2.45) is 5.73 Å². The minimum Gasteiger partial charge on any atom is -0.491 e. The Morgan fingerprint density at radius 1 is 1.50 bits per heavy atom. The largest absolute Gasteiger partial charge is 0.491 e. The van der Waals surface area contributed by atoms with Gasteiger partial charge in [0.25, 0.3) is 0 Å². The van der Waals surface area contributed by atoms with E-state index in [1.54, 1.807) is 6.07 Å². The van der Waals surface area contributed by atoms with E-state index in [2.05, 4.69) is 15.9 Å². The van der Waals surface area contributed by atoms with E-state index in [0.29, 0.717) is 18.9 Å². The second kappa shape index (κ2) is 4.42. The first kappa shape index (κ1) is 9.48. The highest BCUT2D eigenvalue weighted by Gasteiger charge is 2.01. The van der Waals surface area contributed by atoms with Crippen molar-refractivity contribution in [2.75, 3.05) is 13.2 Å². The lowest BCUT2D eigenvalue weighted by molar-refractivity contribution is 0.324. The van der Waals surface area contributed by atoms with Gasteiger partial charge in [0.1, 0.15) is 18.2 Å². The molecule has 2 nitrogen and oxygen atoms in total. The van der Waals surface area contributed by atoms with Crippen LogP contribution in [-0.4, -0.2) is 13.2 Å². The third-order valence-electron chi connectivity index (χ3n) is 1.27. The Hall–Kier alpha value is -0.610. The zero-order valence-corrected chi connectivity index (χ0v) is 7.97. The maximum atomic E-state index is 12.6. The maximum Gasteiger partial charge on any atom is 0.136 e. The monoisotopic (exact) mass is 233 g/mol. The first-order valence-electron chi connectivity index (χ1n) is 3.52. The summed E-state index contributed by atoms with van der Waals surface area (Å²) < 4.78 is 18.5. The normalized spacial score (nSPS) is 9.92. The molecule has 0 saturated heterocycles. The van der Waals surface area contributed by atoms with Crippen molar-refractivity contribution in [3.05, 3.63) is 28.5 Å². The first-order chi connectivity index (χ1) is 5.74. The van der Waals surface area contributed by atoms with Crippen molar-refractivity contribution in [3.63, 3.8) is 0 Å². The molecule has 0 aliphatic rings. The summed E-state index contributed by atoms with van der Waals surface area (Å²) in [4.78, 5) is 0. The molecule has 4 heteroatoms. The van der Waals surface area contributed by atoms with Crippen LogP contribution in [0.25, 0.3) is 0 Å². The molecule has 0 radical (unpaired) electrons. The van der Waals surface area contributed by atoms with Crippen molar-refractivity contribution >= 4 is 15.9 Å². The fraction of sp³-hybridized carbons (Fsp3) is 0.250. The maximum absolute atomic E-state index is 12.6. The van der Waals surface area contributed by atoms with E-state index >= 15 is 0 Å². The third kappa shape index (κ3) is 2.46. The third-order valence-corrected chi connectivity index (χ3v) is 1.92. The summed E-state index contributed by atoms with van der Waals surface area (Å²) in [6, 6.07) is 4.28. The van der Waals surface area contributed by atoms with Crippen molar-refractivity contribution in [1.82, 2.24) is 0 Å². The molecule has 12 heavy (non-hydrogen) atoms. The molecule has 0 saturated carbocycles. The van der Waals surface area contributed by atoms with Gasteiger partial charge in [-0.1, -0.05) is 0 Å². The minimum absolute atomic E-state index is 0.315. The summed E-state index contributed by atoms with van der Waals surface area (Å²) in [6.45, 7) is 0.811. The van der Waals surface area contributed by atoms with Crippen LogP contribution in [-0.2, 0) is 0 Å². The molecule has 0 atom stereocenters. The fourth-order valence-corrected chi connectivity index (χ4v) is 1.12. The fourth-order valence-electron chi connectivity index (χ4n) is 0.757. The molecule has 0 amide bonds. The number of hydrogen-bond donors (Lipinski definition) is 1. The molecular weight excluding hydrogens is 225 g/mol. The van der Waals surface area contributed by atoms with Gasteiger partial charge in [0.15, 0.2) is 0 Å². The summed E-state index contributed by atoms with van der Waals surface area (Å²) in [5, 5.41) is 0. The minimum atomic E-state index is -0.315. The highest BCUT2D eigenvalue weighted by molar-refractivity contribution is 9.10. The number of halogens is 2. The smallest absolute Gasteiger partial charge is 0.136 e. The molecular formula is C8H9BrFNO. The van der Waals surface area contributed by atoms with Crippen LogP contribution in [0.1, 0.15) is 0 Å². The SMILES string of the molecule is NCCOc1cc(F)ccc1Br. The second-order valence-corrected chi connectivity index (χ2v) is 3.07. The second-order valence-electron chi connectivity index (χ2n) is 2.21. The zero-order valence-electron chi connectivity index (χ0n) is 6.39. The van der Waals surface area contributed by atoms with Crippen LogP contribution < -0.4 is 10.5 Å². The van der Waals surface area contributed by atoms with Gasteiger partial charge in [0, 0.05) is 12.6 Å². The Labute approximate surface area is 78.6 Å². The van der Waals surface area contributed by atoms with E-state index in [4.69, 9.17) is 10.5 Å². The van der Waals surface area contributed by atoms with E-state index in [-0.39, 0.29) is 5.82 Å². The van der Waals surface area contributed by atoms with E-state index in [1.165, 1.54) is 12.1 Å². The molecule has 0 aliphatic heterocycles. The molecule has 0 bridgehead atoms. The Balaban J connectivity index is 2.75. The van der Waals surface area contributed by atoms with E-state index in [9.17, 15) is 4.39 Å². The van der Waals surface area contributed by atoms with E-state index in [0.717, 1.165) is 4.47 Å². The standard InChI is InChI=1S/C8H9BrFNO/c9-7-2-1-6(10)5-8(7)12-4-3-11/h1-2,5H,3-4,11H2. The van der Waals surface area contributed by atoms with Crippen LogP contribution in [0.2, 0.25) is 0 Å². The molecule has 0 unspecified atom stereocenters. The summed E-state index contributed by atoms with van der Waals surface area (Å²) in [6.07, 6.45) is 0. The molecule has 1 aromatic carbocycles. The van der Waals surface area contributed by atoms with Crippen LogP contribution in [0.4, 0.5) is 4.39 Å². The average Bonchev–Trinajstić information content (AvgIpc) is 2.07. The van der Waals surface area contributed by atoms with Crippen molar-refractivity contribution < 1.29 is 9.13 Å². The molecule has 0 aliphatic carbocycles. The molecule has 0 heterocycles. The zero-order chi connectivity index (χ0) is 8.97. The quantitative estimate of drug-likeness (QED) is 0.867. The number of nitrogens with two attached hydrogens (primary N) is 1. The molecule has 1 aromatic rings. The highest BCUT2D eigenvalue weighted by Crippen LogP contribution is 2.25. The number of rotatable bonds is 3. The average molecular weight is 234 g/mol. The Bertz CT molecular complexity index is 267. The van der Waals surface area contributed by atoms with Gasteiger partial charge in [0.05, 0.1) is 4.47 Å². The van der Waals surface area contributed by atoms with Gasteiger partial charge >= 0.3 is 0 Å². The molecule has 0 fully saturated rings. The molecule has 0 spiro atoms. The summed E-state index contributed by atoms with van der Waals surface area (Å²) >= 11 is 3.23. The van der Waals surface area contributed by atoms with Gasteiger partial charge in [-0.15, -0.1) is 0 Å². The topological polar surface area (TPSA) is 35.2 Å². The first-order valence-corrected chi connectivity index (χ1v) is 4.31. The number of hydrogen-bond acceptors (Lipinski definition) is 2. The predicted molar refractivity (Wildman–Crippen MR) is 48.6 cm³/mol. The molecule has 1 rings (SSSR count). The van der Waals surface area contributed by atoms with Crippen molar-refractivity contribution in [3.8, 4) is 5.75 Å². The van der Waals surface area contributed by atoms with Crippen LogP contribution in [0.15, 0.2) is 22.7 Å². The highest BCUT2D eigenvalue weighted by atomic mass is 79.9. The summed E-state index contributed by atoms with van der Waals surface area (Å²) in [7, 11) is 0. The molecule has 2 N–H and O–H groups in total. The Morgan fingerprint density at radius 3 is 2.92 bits per heavy atom. The number of benzene rings is 1. The van der Waals surface area contributed by atoms with Gasteiger partial charge in [0.2, 0.25) is 0 Å². The van der Waals surface area contributed by atoms with Crippen LogP contribution >= 0.6 is 15.9 Å². The van der Waals surface area contributed by atoms with E-state index in [1.807, 2.05) is 0 Å². The number of ether oxygens (including phenoxy) is 1. The lowest BCUT2D eigenvalue weighted by Crippen LogP contribution is -2.10. The van der Waals surface area contributed by atoms with Gasteiger partial charge in [-0.3, -0.25) is 0 Å². The summed E-state index contributed by atoms with van der Waals surface area (Å²) in [5.41, 5.74) is 5.23. The van der Waals surface area contributed by atoms with Crippen molar-refractivity contribution in [2.45, 2.75) is 0 Å². The van der Waals surface area contributed by atoms with Crippen LogP contribution in [0, 0.1) is 5.82 Å². The molecule has 66 valence electrons. The lowest BCUT2D eigenvalue weighted by atomic mass is 10.3. The Kier molecular flexibility index (Phi) is 3.49.